The van der Waals surface area contributed by atoms with E-state index in [1.165, 1.54) is 32.4 Å². The lowest BCUT2D eigenvalue weighted by Gasteiger charge is -2.42. The minimum absolute atomic E-state index is 0.503. The number of hydrogen-bond donors (Lipinski definition) is 0. The molecular formula is C15H21N. The molecule has 1 heteroatoms. The van der Waals surface area contributed by atoms with E-state index in [2.05, 4.69) is 43.1 Å². The van der Waals surface area contributed by atoms with Crippen LogP contribution in [0.2, 0.25) is 0 Å². The third kappa shape index (κ3) is 1.34. The third-order valence-electron chi connectivity index (χ3n) is 4.90. The summed E-state index contributed by atoms with van der Waals surface area (Å²) in [6.07, 6.45) is 3.99. The Labute approximate surface area is 98.5 Å². The van der Waals surface area contributed by atoms with Crippen LogP contribution in [-0.4, -0.2) is 25.0 Å². The summed E-state index contributed by atoms with van der Waals surface area (Å²) in [6.45, 7) is 4.97. The van der Waals surface area contributed by atoms with E-state index in [1.54, 1.807) is 11.1 Å². The fourth-order valence-electron chi connectivity index (χ4n) is 3.75. The van der Waals surface area contributed by atoms with E-state index in [0.717, 1.165) is 5.92 Å². The first-order valence-corrected chi connectivity index (χ1v) is 6.49. The van der Waals surface area contributed by atoms with E-state index in [4.69, 9.17) is 0 Å². The molecule has 0 aromatic heterocycles. The van der Waals surface area contributed by atoms with Crippen molar-refractivity contribution < 1.29 is 0 Å². The van der Waals surface area contributed by atoms with Crippen LogP contribution in [0.1, 0.15) is 30.9 Å². The molecular weight excluding hydrogens is 194 g/mol. The van der Waals surface area contributed by atoms with Crippen molar-refractivity contribution in [1.29, 1.82) is 0 Å². The van der Waals surface area contributed by atoms with Crippen LogP contribution in [0.5, 0.6) is 0 Å². The summed E-state index contributed by atoms with van der Waals surface area (Å²) in [5.41, 5.74) is 3.78. The zero-order valence-corrected chi connectivity index (χ0v) is 10.4. The van der Waals surface area contributed by atoms with Gasteiger partial charge >= 0.3 is 0 Å². The van der Waals surface area contributed by atoms with Gasteiger partial charge in [0, 0.05) is 5.41 Å². The van der Waals surface area contributed by atoms with E-state index in [0.29, 0.717) is 5.41 Å². The molecule has 1 heterocycles. The number of nitrogens with zero attached hydrogens (tertiary/aromatic N) is 1. The van der Waals surface area contributed by atoms with Gasteiger partial charge in [-0.2, -0.15) is 0 Å². The number of rotatable bonds is 0. The van der Waals surface area contributed by atoms with Crippen molar-refractivity contribution in [2.75, 3.05) is 20.1 Å². The fraction of sp³-hybridized carbons (Fsp3) is 0.600. The van der Waals surface area contributed by atoms with Crippen LogP contribution in [0.4, 0.5) is 0 Å². The van der Waals surface area contributed by atoms with Crippen LogP contribution < -0.4 is 0 Å². The second-order valence-electron chi connectivity index (χ2n) is 5.72. The molecule has 2 aliphatic rings. The molecule has 0 bridgehead atoms. The lowest BCUT2D eigenvalue weighted by molar-refractivity contribution is 0.151. The summed E-state index contributed by atoms with van der Waals surface area (Å²) in [5.74, 6) is 0.832. The topological polar surface area (TPSA) is 3.24 Å². The number of hydrogen-bond acceptors (Lipinski definition) is 1. The highest BCUT2D eigenvalue weighted by atomic mass is 15.1. The Hall–Kier alpha value is -0.820. The molecule has 1 spiro atoms. The lowest BCUT2D eigenvalue weighted by Crippen LogP contribution is -2.42. The molecule has 0 amide bonds. The number of piperidine rings is 1. The third-order valence-corrected chi connectivity index (χ3v) is 4.90. The molecule has 1 aliphatic carbocycles. The van der Waals surface area contributed by atoms with Gasteiger partial charge in [0.1, 0.15) is 0 Å². The first kappa shape index (κ1) is 10.3. The second kappa shape index (κ2) is 3.59. The van der Waals surface area contributed by atoms with Crippen molar-refractivity contribution in [3.63, 3.8) is 0 Å². The van der Waals surface area contributed by atoms with Crippen molar-refractivity contribution in [3.8, 4) is 0 Å². The van der Waals surface area contributed by atoms with Crippen LogP contribution in [0.15, 0.2) is 24.3 Å². The molecule has 16 heavy (non-hydrogen) atoms. The number of benzene rings is 1. The van der Waals surface area contributed by atoms with Gasteiger partial charge in [0.25, 0.3) is 0 Å². The summed E-state index contributed by atoms with van der Waals surface area (Å²) >= 11 is 0. The summed E-state index contributed by atoms with van der Waals surface area (Å²) in [7, 11) is 2.25. The summed E-state index contributed by atoms with van der Waals surface area (Å²) in [5, 5.41) is 0. The van der Waals surface area contributed by atoms with E-state index in [-0.39, 0.29) is 0 Å². The first-order chi connectivity index (χ1) is 7.72. The van der Waals surface area contributed by atoms with Gasteiger partial charge < -0.3 is 4.90 Å². The molecule has 0 saturated carbocycles. The predicted octanol–water partition coefficient (Wildman–Crippen LogP) is 2.84. The van der Waals surface area contributed by atoms with E-state index < -0.39 is 0 Å². The lowest BCUT2D eigenvalue weighted by atomic mass is 9.69. The van der Waals surface area contributed by atoms with Crippen LogP contribution in [0.3, 0.4) is 0 Å². The number of likely N-dealkylation sites (tertiary alicyclic amines) is 1. The quantitative estimate of drug-likeness (QED) is 0.643. The van der Waals surface area contributed by atoms with Crippen molar-refractivity contribution in [3.05, 3.63) is 35.4 Å². The molecule has 0 radical (unpaired) electrons. The van der Waals surface area contributed by atoms with Crippen LogP contribution in [0, 0.1) is 5.92 Å². The first-order valence-electron chi connectivity index (χ1n) is 6.49. The van der Waals surface area contributed by atoms with Crippen molar-refractivity contribution in [2.45, 2.75) is 31.6 Å². The molecule has 86 valence electrons. The van der Waals surface area contributed by atoms with Gasteiger partial charge in [0.2, 0.25) is 0 Å². The monoisotopic (exact) mass is 215 g/mol. The van der Waals surface area contributed by atoms with E-state index in [1.807, 2.05) is 0 Å². The van der Waals surface area contributed by atoms with Gasteiger partial charge in [0.15, 0.2) is 0 Å². The van der Waals surface area contributed by atoms with Crippen LogP contribution >= 0.6 is 0 Å². The molecule has 0 unspecified atom stereocenters. The Bertz CT molecular complexity index is 388. The minimum atomic E-state index is 0.503. The SMILES string of the molecule is C[C@H]1Cc2ccccc2C12CCN(C)CC2. The van der Waals surface area contributed by atoms with Crippen molar-refractivity contribution in [2.24, 2.45) is 5.92 Å². The largest absolute Gasteiger partial charge is 0.306 e. The molecule has 1 aromatic carbocycles. The Morgan fingerprint density at radius 3 is 2.62 bits per heavy atom. The summed E-state index contributed by atoms with van der Waals surface area (Å²) in [6, 6.07) is 9.12. The van der Waals surface area contributed by atoms with Gasteiger partial charge in [-0.3, -0.25) is 0 Å². The maximum absolute atomic E-state index is 2.47. The predicted molar refractivity (Wildman–Crippen MR) is 67.7 cm³/mol. The molecule has 1 saturated heterocycles. The van der Waals surface area contributed by atoms with Crippen LogP contribution in [-0.2, 0) is 11.8 Å². The van der Waals surface area contributed by atoms with Gasteiger partial charge in [-0.15, -0.1) is 0 Å². The smallest absolute Gasteiger partial charge is 0.000878 e. The average Bonchev–Trinajstić information content (AvgIpc) is 2.57. The van der Waals surface area contributed by atoms with Gasteiger partial charge in [-0.25, -0.2) is 0 Å². The average molecular weight is 215 g/mol. The van der Waals surface area contributed by atoms with Crippen molar-refractivity contribution in [1.82, 2.24) is 4.90 Å². The van der Waals surface area contributed by atoms with Crippen molar-refractivity contribution >= 4 is 0 Å². The zero-order chi connectivity index (χ0) is 11.2. The Morgan fingerprint density at radius 2 is 1.88 bits per heavy atom. The standard InChI is InChI=1S/C15H21N/c1-12-11-13-5-3-4-6-14(13)15(12)7-9-16(2)10-8-15/h3-6,12H,7-11H2,1-2H3/t12-/m0/s1. The van der Waals surface area contributed by atoms with Gasteiger partial charge in [0.05, 0.1) is 0 Å². The highest BCUT2D eigenvalue weighted by Crippen LogP contribution is 2.49. The molecule has 1 nitrogen and oxygen atoms in total. The molecule has 0 N–H and O–H groups in total. The Kier molecular flexibility index (Phi) is 2.32. The summed E-state index contributed by atoms with van der Waals surface area (Å²) in [4.78, 5) is 2.47. The van der Waals surface area contributed by atoms with E-state index in [9.17, 15) is 0 Å². The maximum Gasteiger partial charge on any atom is 0.000878 e. The highest BCUT2D eigenvalue weighted by molar-refractivity contribution is 5.41. The minimum Gasteiger partial charge on any atom is -0.306 e. The molecule has 1 atom stereocenters. The normalized spacial score (nSPS) is 28.2. The highest BCUT2D eigenvalue weighted by Gasteiger charge is 2.45. The maximum atomic E-state index is 2.47. The van der Waals surface area contributed by atoms with E-state index >= 15 is 0 Å². The number of fused-ring (bicyclic) bond motifs is 2. The molecule has 1 aromatic rings. The Balaban J connectivity index is 2.01. The van der Waals surface area contributed by atoms with Gasteiger partial charge in [-0.1, -0.05) is 31.2 Å². The molecule has 3 rings (SSSR count). The van der Waals surface area contributed by atoms with Crippen LogP contribution in [0.25, 0.3) is 0 Å². The Morgan fingerprint density at radius 1 is 1.19 bits per heavy atom. The fourth-order valence-corrected chi connectivity index (χ4v) is 3.75. The summed E-state index contributed by atoms with van der Waals surface area (Å²) < 4.78 is 0. The zero-order valence-electron chi connectivity index (χ0n) is 10.4. The van der Waals surface area contributed by atoms with Gasteiger partial charge in [-0.05, 0) is 56.4 Å². The second-order valence-corrected chi connectivity index (χ2v) is 5.72. The molecule has 1 aliphatic heterocycles. The molecule has 1 fully saturated rings.